The minimum absolute atomic E-state index is 0.164. The van der Waals surface area contributed by atoms with Crippen LogP contribution >= 0.6 is 0 Å². The second-order valence-electron chi connectivity index (χ2n) is 2.52. The molecule has 68 valence electrons. The van der Waals surface area contributed by atoms with Crippen LogP contribution in [-0.2, 0) is 11.8 Å². The van der Waals surface area contributed by atoms with E-state index >= 15 is 0 Å². The maximum absolute atomic E-state index is 11.2. The molecule has 0 saturated heterocycles. The second-order valence-corrected chi connectivity index (χ2v) is 2.52. The molecule has 0 fully saturated rings. The third-order valence-electron chi connectivity index (χ3n) is 1.72. The van der Waals surface area contributed by atoms with Crippen LogP contribution in [0.25, 0.3) is 0 Å². The average molecular weight is 179 g/mol. The highest BCUT2D eigenvalue weighted by molar-refractivity contribution is 5.95. The van der Waals surface area contributed by atoms with E-state index in [0.29, 0.717) is 0 Å². The third-order valence-corrected chi connectivity index (χ3v) is 1.72. The van der Waals surface area contributed by atoms with E-state index in [1.807, 2.05) is 6.07 Å². The highest BCUT2D eigenvalue weighted by Gasteiger charge is 2.18. The Morgan fingerprint density at radius 1 is 1.77 bits per heavy atom. The number of carbonyl (C=O) groups excluding carboxylic acids is 1. The number of nitrogens with zero attached hydrogens (tertiary/aromatic N) is 2. The summed E-state index contributed by atoms with van der Waals surface area (Å²) < 4.78 is 5.98. The number of rotatable bonds is 1. The maximum Gasteiger partial charge on any atom is 0.356 e. The lowest BCUT2D eigenvalue weighted by Gasteiger charge is -2.00. The zero-order chi connectivity index (χ0) is 10.0. The first-order valence-corrected chi connectivity index (χ1v) is 3.55. The molecule has 0 aliphatic carbocycles. The lowest BCUT2D eigenvalue weighted by molar-refractivity contribution is 0.0591. The molecule has 0 aliphatic heterocycles. The number of ether oxygens (including phenoxy) is 1. The lowest BCUT2D eigenvalue weighted by Crippen LogP contribution is -2.09. The molecule has 2 N–H and O–H groups in total. The van der Waals surface area contributed by atoms with Crippen molar-refractivity contribution in [3.8, 4) is 6.07 Å². The Morgan fingerprint density at radius 3 is 2.77 bits per heavy atom. The fourth-order valence-corrected chi connectivity index (χ4v) is 1.09. The molecule has 0 aromatic carbocycles. The molecule has 1 rings (SSSR count). The Morgan fingerprint density at radius 2 is 2.38 bits per heavy atom. The molecule has 1 aromatic heterocycles. The molecule has 0 atom stereocenters. The van der Waals surface area contributed by atoms with Crippen molar-refractivity contribution in [3.63, 3.8) is 0 Å². The van der Waals surface area contributed by atoms with E-state index in [4.69, 9.17) is 11.0 Å². The number of hydrogen-bond acceptors (Lipinski definition) is 4. The van der Waals surface area contributed by atoms with Crippen LogP contribution in [-0.4, -0.2) is 17.6 Å². The molecule has 13 heavy (non-hydrogen) atoms. The summed E-state index contributed by atoms with van der Waals surface area (Å²) in [6, 6.07) is 1.88. The second kappa shape index (κ2) is 3.19. The van der Waals surface area contributed by atoms with Gasteiger partial charge in [0.2, 0.25) is 0 Å². The quantitative estimate of drug-likeness (QED) is 0.627. The van der Waals surface area contributed by atoms with Crippen LogP contribution in [0, 0.1) is 11.3 Å². The molecule has 5 heteroatoms. The van der Waals surface area contributed by atoms with E-state index < -0.39 is 5.97 Å². The largest absolute Gasteiger partial charge is 0.464 e. The molecule has 1 heterocycles. The fraction of sp³-hybridized carbons (Fsp3) is 0.250. The predicted molar refractivity (Wildman–Crippen MR) is 45.9 cm³/mol. The number of carbonyl (C=O) groups is 1. The topological polar surface area (TPSA) is 81.0 Å². The van der Waals surface area contributed by atoms with Gasteiger partial charge in [-0.05, 0) is 0 Å². The molecular formula is C8H9N3O2. The van der Waals surface area contributed by atoms with E-state index in [2.05, 4.69) is 4.74 Å². The van der Waals surface area contributed by atoms with Crippen molar-refractivity contribution >= 4 is 11.7 Å². The number of hydrogen-bond donors (Lipinski definition) is 1. The van der Waals surface area contributed by atoms with E-state index in [1.165, 1.54) is 17.9 Å². The summed E-state index contributed by atoms with van der Waals surface area (Å²) in [5.41, 5.74) is 6.20. The fourth-order valence-electron chi connectivity index (χ4n) is 1.09. The van der Waals surface area contributed by atoms with Crippen LogP contribution in [0.15, 0.2) is 6.20 Å². The summed E-state index contributed by atoms with van der Waals surface area (Å²) in [4.78, 5) is 11.2. The van der Waals surface area contributed by atoms with Crippen LogP contribution in [0.1, 0.15) is 16.1 Å². The Labute approximate surface area is 75.3 Å². The Bertz CT molecular complexity index is 387. The van der Waals surface area contributed by atoms with Gasteiger partial charge in [0.15, 0.2) is 5.69 Å². The molecule has 0 unspecified atom stereocenters. The summed E-state index contributed by atoms with van der Waals surface area (Å²) in [6.07, 6.45) is 1.49. The van der Waals surface area contributed by atoms with Crippen LogP contribution in [0.3, 0.4) is 0 Å². The number of methoxy groups -OCH3 is 1. The lowest BCUT2D eigenvalue weighted by atomic mass is 10.3. The summed E-state index contributed by atoms with van der Waals surface area (Å²) in [5, 5.41) is 8.62. The van der Waals surface area contributed by atoms with Gasteiger partial charge >= 0.3 is 5.97 Å². The number of nitrogen functional groups attached to an aromatic ring is 1. The van der Waals surface area contributed by atoms with Crippen molar-refractivity contribution < 1.29 is 9.53 Å². The Kier molecular flexibility index (Phi) is 2.24. The highest BCUT2D eigenvalue weighted by atomic mass is 16.5. The first-order valence-electron chi connectivity index (χ1n) is 3.55. The molecule has 0 amide bonds. The summed E-state index contributed by atoms with van der Waals surface area (Å²) in [5.74, 6) is -0.540. The number of anilines is 1. The molecule has 0 spiro atoms. The molecular weight excluding hydrogens is 170 g/mol. The van der Waals surface area contributed by atoms with Gasteiger partial charge in [-0.3, -0.25) is 0 Å². The number of nitrogens with two attached hydrogens (primary N) is 1. The van der Waals surface area contributed by atoms with Gasteiger partial charge in [-0.15, -0.1) is 0 Å². The van der Waals surface area contributed by atoms with Crippen molar-refractivity contribution in [3.05, 3.63) is 17.5 Å². The normalized spacial score (nSPS) is 9.31. The van der Waals surface area contributed by atoms with Crippen molar-refractivity contribution in [2.75, 3.05) is 12.8 Å². The molecule has 0 saturated carbocycles. The average Bonchev–Trinajstić information content (AvgIpc) is 2.40. The van der Waals surface area contributed by atoms with Crippen molar-refractivity contribution in [1.29, 1.82) is 5.26 Å². The van der Waals surface area contributed by atoms with Crippen LogP contribution in [0.4, 0.5) is 5.69 Å². The number of aryl methyl sites for hydroxylation is 1. The van der Waals surface area contributed by atoms with Crippen molar-refractivity contribution in [2.45, 2.75) is 0 Å². The first-order chi connectivity index (χ1) is 6.11. The van der Waals surface area contributed by atoms with Crippen LogP contribution in [0.2, 0.25) is 0 Å². The van der Waals surface area contributed by atoms with Crippen molar-refractivity contribution in [2.24, 2.45) is 7.05 Å². The van der Waals surface area contributed by atoms with E-state index in [1.54, 1.807) is 7.05 Å². The summed E-state index contributed by atoms with van der Waals surface area (Å²) in [6.45, 7) is 0. The van der Waals surface area contributed by atoms with Gasteiger partial charge in [0, 0.05) is 13.2 Å². The predicted octanol–water partition coefficient (Wildman–Crippen LogP) is 0.266. The standard InChI is InChI=1S/C8H9N3O2/c1-11-4-5(3-9)6(10)7(11)8(12)13-2/h4H,10H2,1-2H3. The smallest absolute Gasteiger partial charge is 0.356 e. The van der Waals surface area contributed by atoms with Gasteiger partial charge in [-0.2, -0.15) is 5.26 Å². The minimum atomic E-state index is -0.540. The van der Waals surface area contributed by atoms with Gasteiger partial charge in [0.05, 0.1) is 18.4 Å². The van der Waals surface area contributed by atoms with Gasteiger partial charge in [-0.25, -0.2) is 4.79 Å². The molecule has 1 aromatic rings. The van der Waals surface area contributed by atoms with E-state index in [0.717, 1.165) is 0 Å². The zero-order valence-electron chi connectivity index (χ0n) is 7.37. The van der Waals surface area contributed by atoms with Gasteiger partial charge in [0.1, 0.15) is 6.07 Å². The zero-order valence-corrected chi connectivity index (χ0v) is 7.37. The van der Waals surface area contributed by atoms with Gasteiger partial charge in [0.25, 0.3) is 0 Å². The number of esters is 1. The maximum atomic E-state index is 11.2. The Balaban J connectivity index is 3.30. The van der Waals surface area contributed by atoms with Crippen LogP contribution in [0.5, 0.6) is 0 Å². The number of nitriles is 1. The van der Waals surface area contributed by atoms with Crippen LogP contribution < -0.4 is 5.73 Å². The molecule has 0 bridgehead atoms. The highest BCUT2D eigenvalue weighted by Crippen LogP contribution is 2.18. The van der Waals surface area contributed by atoms with E-state index in [9.17, 15) is 4.79 Å². The minimum Gasteiger partial charge on any atom is -0.464 e. The third kappa shape index (κ3) is 1.34. The van der Waals surface area contributed by atoms with Gasteiger partial charge < -0.3 is 15.0 Å². The monoisotopic (exact) mass is 179 g/mol. The Hall–Kier alpha value is -1.96. The SMILES string of the molecule is COC(=O)c1c(N)c(C#N)cn1C. The summed E-state index contributed by atoms with van der Waals surface area (Å²) in [7, 11) is 2.89. The summed E-state index contributed by atoms with van der Waals surface area (Å²) >= 11 is 0. The van der Waals surface area contributed by atoms with Crippen molar-refractivity contribution in [1.82, 2.24) is 4.57 Å². The number of aromatic nitrogens is 1. The molecule has 5 nitrogen and oxygen atoms in total. The van der Waals surface area contributed by atoms with E-state index in [-0.39, 0.29) is 16.9 Å². The molecule has 0 radical (unpaired) electrons. The molecule has 0 aliphatic rings. The van der Waals surface area contributed by atoms with Gasteiger partial charge in [-0.1, -0.05) is 0 Å². The first kappa shape index (κ1) is 9.13.